The molecule has 15 heavy (non-hydrogen) atoms. The third-order valence-corrected chi connectivity index (χ3v) is 6.59. The SMILES string of the molecule is O=C1C[C@@H]2[C@@H](CO)[C@H](PP[B]O)C[C@@H]2O1. The highest BCUT2D eigenvalue weighted by molar-refractivity contribution is 8.24. The number of aliphatic hydroxyl groups excluding tert-OH is 1. The number of hydrogen-bond donors (Lipinski definition) is 2. The summed E-state index contributed by atoms with van der Waals surface area (Å²) in [5.41, 5.74) is 0.417. The van der Waals surface area contributed by atoms with Gasteiger partial charge in [-0.3, -0.25) is 4.79 Å². The van der Waals surface area contributed by atoms with Crippen LogP contribution < -0.4 is 0 Å². The summed E-state index contributed by atoms with van der Waals surface area (Å²) in [5, 5.41) is 18.0. The van der Waals surface area contributed by atoms with E-state index in [4.69, 9.17) is 9.76 Å². The van der Waals surface area contributed by atoms with E-state index in [1.807, 2.05) is 0 Å². The van der Waals surface area contributed by atoms with Gasteiger partial charge in [-0.15, -0.1) is 16.4 Å². The van der Waals surface area contributed by atoms with Crippen LogP contribution in [-0.2, 0) is 9.53 Å². The van der Waals surface area contributed by atoms with Crippen molar-refractivity contribution in [3.8, 4) is 0 Å². The van der Waals surface area contributed by atoms with Gasteiger partial charge in [-0.25, -0.2) is 0 Å². The monoisotopic (exact) mass is 247 g/mol. The second-order valence-electron chi connectivity index (χ2n) is 4.00. The molecule has 4 nitrogen and oxygen atoms in total. The lowest BCUT2D eigenvalue weighted by Gasteiger charge is -2.19. The van der Waals surface area contributed by atoms with Crippen LogP contribution in [0.1, 0.15) is 12.8 Å². The molecule has 1 aliphatic heterocycles. The summed E-state index contributed by atoms with van der Waals surface area (Å²) in [6, 6.07) is 0. The number of aliphatic hydroxyl groups is 1. The highest BCUT2D eigenvalue weighted by Gasteiger charge is 2.49. The lowest BCUT2D eigenvalue weighted by Crippen LogP contribution is -2.20. The van der Waals surface area contributed by atoms with Gasteiger partial charge in [-0.05, 0) is 18.0 Å². The van der Waals surface area contributed by atoms with Gasteiger partial charge in [-0.1, -0.05) is 0 Å². The quantitative estimate of drug-likeness (QED) is 0.420. The molecule has 1 radical (unpaired) electrons. The Bertz CT molecular complexity index is 253. The maximum atomic E-state index is 11.1. The first-order chi connectivity index (χ1) is 7.26. The first kappa shape index (κ1) is 11.8. The van der Waals surface area contributed by atoms with Gasteiger partial charge in [0.1, 0.15) is 6.10 Å². The zero-order chi connectivity index (χ0) is 10.8. The smallest absolute Gasteiger partial charge is 0.322 e. The summed E-state index contributed by atoms with van der Waals surface area (Å²) in [4.78, 5) is 11.1. The van der Waals surface area contributed by atoms with E-state index in [0.717, 1.165) is 6.42 Å². The van der Waals surface area contributed by atoms with Crippen molar-refractivity contribution in [1.29, 1.82) is 0 Å². The summed E-state index contributed by atoms with van der Waals surface area (Å²) in [6.45, 7) is 0.130. The van der Waals surface area contributed by atoms with Gasteiger partial charge in [0.05, 0.1) is 6.42 Å². The fourth-order valence-electron chi connectivity index (χ4n) is 2.57. The van der Waals surface area contributed by atoms with Crippen LogP contribution in [0.3, 0.4) is 0 Å². The zero-order valence-corrected chi connectivity index (χ0v) is 10.2. The number of fused-ring (bicyclic) bond motifs is 1. The van der Waals surface area contributed by atoms with Gasteiger partial charge in [0.15, 0.2) is 0 Å². The van der Waals surface area contributed by atoms with E-state index in [-0.39, 0.29) is 30.5 Å². The summed E-state index contributed by atoms with van der Waals surface area (Å²) in [5.74, 6) is 0.275. The average Bonchev–Trinajstić information content (AvgIpc) is 2.70. The van der Waals surface area contributed by atoms with Crippen LogP contribution in [0.4, 0.5) is 0 Å². The van der Waals surface area contributed by atoms with E-state index in [2.05, 4.69) is 0 Å². The fourth-order valence-corrected chi connectivity index (χ4v) is 5.64. The van der Waals surface area contributed by atoms with Crippen molar-refractivity contribution in [3.05, 3.63) is 0 Å². The van der Waals surface area contributed by atoms with Crippen molar-refractivity contribution in [1.82, 2.24) is 0 Å². The molecular formula is C8H14BO4P2. The van der Waals surface area contributed by atoms with Gasteiger partial charge < -0.3 is 14.9 Å². The first-order valence-electron chi connectivity index (χ1n) is 5.03. The molecular weight excluding hydrogens is 233 g/mol. The Morgan fingerprint density at radius 2 is 2.40 bits per heavy atom. The molecule has 0 aromatic heterocycles. The van der Waals surface area contributed by atoms with Gasteiger partial charge >= 0.3 is 13.2 Å². The topological polar surface area (TPSA) is 66.8 Å². The molecule has 2 fully saturated rings. The van der Waals surface area contributed by atoms with Gasteiger partial charge in [-0.2, -0.15) is 0 Å². The molecule has 1 heterocycles. The molecule has 2 N–H and O–H groups in total. The lowest BCUT2D eigenvalue weighted by atomic mass is 9.94. The minimum Gasteiger partial charge on any atom is -0.462 e. The molecule has 0 spiro atoms. The Labute approximate surface area is 92.9 Å². The molecule has 0 bridgehead atoms. The second-order valence-corrected chi connectivity index (χ2v) is 7.31. The number of rotatable bonds is 4. The van der Waals surface area contributed by atoms with E-state index in [1.165, 1.54) is 7.20 Å². The predicted molar refractivity (Wildman–Crippen MR) is 61.6 cm³/mol. The van der Waals surface area contributed by atoms with Gasteiger partial charge in [0.2, 0.25) is 0 Å². The number of hydrogen-bond acceptors (Lipinski definition) is 4. The summed E-state index contributed by atoms with van der Waals surface area (Å²) in [7, 11) is 2.29. The maximum absolute atomic E-state index is 11.1. The van der Waals surface area contributed by atoms with Crippen LogP contribution in [0.15, 0.2) is 0 Å². The minimum absolute atomic E-state index is 0.0237. The third-order valence-electron chi connectivity index (χ3n) is 3.26. The molecule has 1 aliphatic carbocycles. The standard InChI is InChI=1S/C8H14BO4P2/c10-3-5-4-1-8(11)13-6(4)2-7(5)14-15-9-12/h4-7,10,12,14-15H,1-3H2/t4-,5-,6+,7-/m1/s1. The van der Waals surface area contributed by atoms with E-state index in [9.17, 15) is 9.90 Å². The molecule has 1 saturated carbocycles. The molecule has 6 atom stereocenters. The van der Waals surface area contributed by atoms with Crippen LogP contribution >= 0.6 is 16.4 Å². The van der Waals surface area contributed by atoms with Gasteiger partial charge in [0, 0.05) is 12.5 Å². The average molecular weight is 247 g/mol. The maximum Gasteiger partial charge on any atom is 0.322 e. The molecule has 83 valence electrons. The highest BCUT2D eigenvalue weighted by Crippen LogP contribution is 2.53. The number of ether oxygens (including phenoxy) is 1. The van der Waals surface area contributed by atoms with Crippen molar-refractivity contribution in [2.24, 2.45) is 11.8 Å². The van der Waals surface area contributed by atoms with Crippen LogP contribution in [0.5, 0.6) is 0 Å². The molecule has 0 aromatic carbocycles. The first-order valence-corrected chi connectivity index (χ1v) is 8.19. The third kappa shape index (κ3) is 2.36. The Morgan fingerprint density at radius 3 is 3.07 bits per heavy atom. The fraction of sp³-hybridized carbons (Fsp3) is 0.875. The number of esters is 1. The van der Waals surface area contributed by atoms with Crippen molar-refractivity contribution < 1.29 is 19.7 Å². The van der Waals surface area contributed by atoms with Crippen LogP contribution in [0.2, 0.25) is 0 Å². The van der Waals surface area contributed by atoms with Crippen molar-refractivity contribution in [2.45, 2.75) is 24.6 Å². The molecule has 2 unspecified atom stereocenters. The van der Waals surface area contributed by atoms with Crippen LogP contribution in [-0.4, -0.2) is 41.7 Å². The molecule has 7 heteroatoms. The highest BCUT2D eigenvalue weighted by atomic mass is 32.0. The van der Waals surface area contributed by atoms with E-state index >= 15 is 0 Å². The normalized spacial score (nSPS) is 40.5. The van der Waals surface area contributed by atoms with Crippen LogP contribution in [0.25, 0.3) is 0 Å². The molecule has 0 aromatic rings. The Morgan fingerprint density at radius 1 is 1.60 bits per heavy atom. The minimum atomic E-state index is -0.124. The molecule has 1 saturated heterocycles. The lowest BCUT2D eigenvalue weighted by molar-refractivity contribution is -0.141. The Hall–Kier alpha value is 0.315. The summed E-state index contributed by atoms with van der Waals surface area (Å²) < 4.78 is 5.21. The van der Waals surface area contributed by atoms with Crippen LogP contribution in [0, 0.1) is 11.8 Å². The molecule has 0 amide bonds. The predicted octanol–water partition coefficient (Wildman–Crippen LogP) is 0.0974. The van der Waals surface area contributed by atoms with Crippen molar-refractivity contribution in [3.63, 3.8) is 0 Å². The van der Waals surface area contributed by atoms with Crippen molar-refractivity contribution >= 4 is 29.6 Å². The van der Waals surface area contributed by atoms with E-state index in [1.54, 1.807) is 0 Å². The number of carbonyl (C=O) groups excluding carboxylic acids is 1. The van der Waals surface area contributed by atoms with Crippen molar-refractivity contribution in [2.75, 3.05) is 6.61 Å². The van der Waals surface area contributed by atoms with Gasteiger partial charge in [0.25, 0.3) is 0 Å². The number of carbonyl (C=O) groups is 1. The Balaban J connectivity index is 1.97. The zero-order valence-electron chi connectivity index (χ0n) is 8.22. The molecule has 2 aliphatic rings. The largest absolute Gasteiger partial charge is 0.462 e. The second kappa shape index (κ2) is 5.10. The Kier molecular flexibility index (Phi) is 4.01. The summed E-state index contributed by atoms with van der Waals surface area (Å²) >= 11 is 0. The molecule has 2 rings (SSSR count). The summed E-state index contributed by atoms with van der Waals surface area (Å²) in [6.07, 6.45) is 1.35. The van der Waals surface area contributed by atoms with E-state index in [0.29, 0.717) is 28.5 Å². The van der Waals surface area contributed by atoms with E-state index < -0.39 is 0 Å².